The van der Waals surface area contributed by atoms with E-state index < -0.39 is 26.0 Å². The monoisotopic (exact) mass is 456 g/mol. The maximum atomic E-state index is 13.0. The zero-order chi connectivity index (χ0) is 22.1. The third-order valence-corrected chi connectivity index (χ3v) is 8.70. The van der Waals surface area contributed by atoms with E-state index in [4.69, 9.17) is 0 Å². The van der Waals surface area contributed by atoms with Crippen LogP contribution in [-0.4, -0.2) is 74.3 Å². The molecule has 164 valence electrons. The lowest BCUT2D eigenvalue weighted by atomic mass is 10.2. The first-order chi connectivity index (χ1) is 14.1. The van der Waals surface area contributed by atoms with Crippen molar-refractivity contribution in [3.63, 3.8) is 0 Å². The maximum Gasteiger partial charge on any atom is 0.337 e. The topological polar surface area (TPSA) is 119 Å². The van der Waals surface area contributed by atoms with Gasteiger partial charge in [-0.2, -0.15) is 8.61 Å². The third-order valence-electron chi connectivity index (χ3n) is 5.02. The van der Waals surface area contributed by atoms with Crippen molar-refractivity contribution < 1.29 is 26.4 Å². The first-order valence-electron chi connectivity index (χ1n) is 9.26. The van der Waals surface area contributed by atoms with Gasteiger partial charge in [0.05, 0.1) is 17.6 Å². The summed E-state index contributed by atoms with van der Waals surface area (Å²) in [5, 5.41) is -0.0443. The fourth-order valence-electron chi connectivity index (χ4n) is 3.16. The SMILES string of the molecule is COC(=O)c1ccc(S(=O)(=O)N2CCCN(S(=O)(=O)c3cn(C)c(C)n3)CC2)cc1. The fraction of sp³-hybridized carbons (Fsp3) is 0.444. The van der Waals surface area contributed by atoms with E-state index in [1.54, 1.807) is 18.5 Å². The maximum absolute atomic E-state index is 13.0. The minimum absolute atomic E-state index is 0.0200. The highest BCUT2D eigenvalue weighted by atomic mass is 32.2. The van der Waals surface area contributed by atoms with Crippen LogP contribution in [0.5, 0.6) is 0 Å². The number of ether oxygens (including phenoxy) is 1. The third kappa shape index (κ3) is 4.26. The molecule has 0 saturated carbocycles. The predicted octanol–water partition coefficient (Wildman–Crippen LogP) is 0.600. The number of nitrogens with zero attached hydrogens (tertiary/aromatic N) is 4. The van der Waals surface area contributed by atoms with Gasteiger partial charge in [-0.3, -0.25) is 0 Å². The highest BCUT2D eigenvalue weighted by Gasteiger charge is 2.33. The van der Waals surface area contributed by atoms with Crippen molar-refractivity contribution >= 4 is 26.0 Å². The van der Waals surface area contributed by atoms with Crippen molar-refractivity contribution in [3.05, 3.63) is 41.9 Å². The standard InChI is InChI=1S/C18H24N4O6S2/c1-14-19-17(13-20(14)2)30(26,27)22-10-4-9-21(11-12-22)29(24,25)16-7-5-15(6-8-16)18(23)28-3/h5-8,13H,4,9-12H2,1-3H3. The summed E-state index contributed by atoms with van der Waals surface area (Å²) in [5.41, 5.74) is 0.246. The molecule has 1 aromatic heterocycles. The van der Waals surface area contributed by atoms with E-state index in [0.717, 1.165) is 0 Å². The van der Waals surface area contributed by atoms with Crippen LogP contribution in [0.4, 0.5) is 0 Å². The smallest absolute Gasteiger partial charge is 0.337 e. The van der Waals surface area contributed by atoms with Gasteiger partial charge in [0, 0.05) is 39.4 Å². The number of carbonyl (C=O) groups is 1. The zero-order valence-corrected chi connectivity index (χ0v) is 18.6. The highest BCUT2D eigenvalue weighted by molar-refractivity contribution is 7.89. The summed E-state index contributed by atoms with van der Waals surface area (Å²) in [6.07, 6.45) is 1.80. The lowest BCUT2D eigenvalue weighted by Crippen LogP contribution is -2.37. The molecule has 30 heavy (non-hydrogen) atoms. The van der Waals surface area contributed by atoms with Crippen molar-refractivity contribution in [2.45, 2.75) is 23.3 Å². The van der Waals surface area contributed by atoms with E-state index in [1.807, 2.05) is 0 Å². The lowest BCUT2D eigenvalue weighted by Gasteiger charge is -2.21. The first-order valence-corrected chi connectivity index (χ1v) is 12.1. The van der Waals surface area contributed by atoms with Gasteiger partial charge in [-0.1, -0.05) is 0 Å². The van der Waals surface area contributed by atoms with Gasteiger partial charge in [0.25, 0.3) is 10.0 Å². The first kappa shape index (κ1) is 22.4. The molecule has 1 aromatic carbocycles. The summed E-state index contributed by atoms with van der Waals surface area (Å²) in [6.45, 7) is 2.14. The molecule has 1 aliphatic rings. The van der Waals surface area contributed by atoms with E-state index in [0.29, 0.717) is 12.2 Å². The predicted molar refractivity (Wildman–Crippen MR) is 108 cm³/mol. The van der Waals surface area contributed by atoms with Crippen molar-refractivity contribution in [3.8, 4) is 0 Å². The number of aromatic nitrogens is 2. The van der Waals surface area contributed by atoms with Crippen LogP contribution in [0.2, 0.25) is 0 Å². The number of rotatable bonds is 5. The largest absolute Gasteiger partial charge is 0.465 e. The second-order valence-corrected chi connectivity index (χ2v) is 10.7. The van der Waals surface area contributed by atoms with Gasteiger partial charge < -0.3 is 9.30 Å². The van der Waals surface area contributed by atoms with Crippen LogP contribution in [0.3, 0.4) is 0 Å². The molecule has 0 spiro atoms. The number of carbonyl (C=O) groups excluding carboxylic acids is 1. The number of methoxy groups -OCH3 is 1. The Balaban J connectivity index is 1.78. The molecule has 2 aromatic rings. The molecule has 0 aliphatic carbocycles. The molecule has 0 amide bonds. The van der Waals surface area contributed by atoms with Gasteiger partial charge in [-0.05, 0) is 37.6 Å². The summed E-state index contributed by atoms with van der Waals surface area (Å²) >= 11 is 0. The molecule has 1 fully saturated rings. The van der Waals surface area contributed by atoms with Crippen LogP contribution < -0.4 is 0 Å². The van der Waals surface area contributed by atoms with Crippen molar-refractivity contribution in [1.29, 1.82) is 0 Å². The van der Waals surface area contributed by atoms with Crippen LogP contribution in [0, 0.1) is 6.92 Å². The van der Waals surface area contributed by atoms with Crippen molar-refractivity contribution in [1.82, 2.24) is 18.2 Å². The highest BCUT2D eigenvalue weighted by Crippen LogP contribution is 2.21. The number of sulfonamides is 2. The molecule has 12 heteroatoms. The number of imidazole rings is 1. The zero-order valence-electron chi connectivity index (χ0n) is 17.0. The second kappa shape index (κ2) is 8.46. The van der Waals surface area contributed by atoms with Crippen LogP contribution in [0.25, 0.3) is 0 Å². The molecule has 3 rings (SSSR count). The minimum atomic E-state index is -3.83. The van der Waals surface area contributed by atoms with Crippen LogP contribution >= 0.6 is 0 Å². The Kier molecular flexibility index (Phi) is 6.32. The summed E-state index contributed by atoms with van der Waals surface area (Å²) < 4.78 is 60.6. The number of benzene rings is 1. The van der Waals surface area contributed by atoms with Gasteiger partial charge in [0.1, 0.15) is 5.82 Å². The Labute approximate surface area is 176 Å². The van der Waals surface area contributed by atoms with Crippen molar-refractivity contribution in [2.24, 2.45) is 7.05 Å². The Morgan fingerprint density at radius 1 is 0.967 bits per heavy atom. The average molecular weight is 457 g/mol. The summed E-state index contributed by atoms with van der Waals surface area (Å²) in [7, 11) is -4.68. The number of aryl methyl sites for hydroxylation is 2. The van der Waals surface area contributed by atoms with Crippen LogP contribution in [0.15, 0.2) is 40.4 Å². The number of hydrogen-bond acceptors (Lipinski definition) is 7. The van der Waals surface area contributed by atoms with E-state index >= 15 is 0 Å². The Bertz CT molecular complexity index is 1120. The molecule has 1 saturated heterocycles. The molecular formula is C18H24N4O6S2. The van der Waals surface area contributed by atoms with Crippen molar-refractivity contribution in [2.75, 3.05) is 33.3 Å². The van der Waals surface area contributed by atoms with E-state index in [1.165, 1.54) is 46.2 Å². The Morgan fingerprint density at radius 2 is 1.53 bits per heavy atom. The summed E-state index contributed by atoms with van der Waals surface area (Å²) in [4.78, 5) is 15.7. The van der Waals surface area contributed by atoms with E-state index in [2.05, 4.69) is 9.72 Å². The van der Waals surface area contributed by atoms with Gasteiger partial charge in [0.15, 0.2) is 5.03 Å². The molecule has 0 N–H and O–H groups in total. The van der Waals surface area contributed by atoms with Gasteiger partial charge in [0.2, 0.25) is 10.0 Å². The summed E-state index contributed by atoms with van der Waals surface area (Å²) in [5.74, 6) is 0.0160. The van der Waals surface area contributed by atoms with Gasteiger partial charge in [-0.25, -0.2) is 26.6 Å². The molecule has 0 unspecified atom stereocenters. The molecule has 10 nitrogen and oxygen atoms in total. The molecular weight excluding hydrogens is 432 g/mol. The normalized spacial score (nSPS) is 16.9. The Morgan fingerprint density at radius 3 is 2.03 bits per heavy atom. The minimum Gasteiger partial charge on any atom is -0.465 e. The summed E-state index contributed by atoms with van der Waals surface area (Å²) in [6, 6.07) is 5.46. The number of hydrogen-bond donors (Lipinski definition) is 0. The van der Waals surface area contributed by atoms with Gasteiger partial charge in [-0.15, -0.1) is 0 Å². The quantitative estimate of drug-likeness (QED) is 0.605. The molecule has 2 heterocycles. The fourth-order valence-corrected chi connectivity index (χ4v) is 6.13. The van der Waals surface area contributed by atoms with Crippen LogP contribution in [0.1, 0.15) is 22.6 Å². The molecule has 0 radical (unpaired) electrons. The molecule has 1 aliphatic heterocycles. The average Bonchev–Trinajstić information content (AvgIpc) is 2.93. The second-order valence-electron chi connectivity index (χ2n) is 6.91. The van der Waals surface area contributed by atoms with E-state index in [-0.39, 0.29) is 41.7 Å². The molecule has 0 atom stereocenters. The lowest BCUT2D eigenvalue weighted by molar-refractivity contribution is 0.0600. The van der Waals surface area contributed by atoms with Gasteiger partial charge >= 0.3 is 5.97 Å². The Hall–Kier alpha value is -2.28. The van der Waals surface area contributed by atoms with Crippen LogP contribution in [-0.2, 0) is 31.8 Å². The molecule has 0 bridgehead atoms. The van der Waals surface area contributed by atoms with E-state index in [9.17, 15) is 21.6 Å². The number of esters is 1.